The highest BCUT2D eigenvalue weighted by Gasteiger charge is 2.41. The van der Waals surface area contributed by atoms with Crippen molar-refractivity contribution >= 4 is 29.1 Å². The predicted octanol–water partition coefficient (Wildman–Crippen LogP) is 5.65. The number of halogens is 1. The smallest absolute Gasteiger partial charge is 0.261 e. The highest BCUT2D eigenvalue weighted by Crippen LogP contribution is 2.45. The third-order valence-electron chi connectivity index (χ3n) is 7.51. The summed E-state index contributed by atoms with van der Waals surface area (Å²) in [5, 5.41) is 0.587. The van der Waals surface area contributed by atoms with Crippen LogP contribution in [0.15, 0.2) is 85.1 Å². The monoisotopic (exact) mass is 571 g/mol. The number of aromatic nitrogens is 1. The molecule has 0 unspecified atom stereocenters. The number of fused-ring (bicyclic) bond motifs is 3. The first-order chi connectivity index (χ1) is 20.0. The second-order valence-electron chi connectivity index (χ2n) is 10.1. The predicted molar refractivity (Wildman–Crippen MR) is 156 cm³/mol. The number of methoxy groups -OCH3 is 2. The SMILES string of the molecule is COc1ccc(OC)c([C@H]2c3cccn3-c3ccccc3N2C(=O)CN(C(=O)COc2ccc(Cl)cc2)C2CC2)c1. The fourth-order valence-electron chi connectivity index (χ4n) is 5.40. The van der Waals surface area contributed by atoms with Gasteiger partial charge in [0.15, 0.2) is 6.61 Å². The maximum absolute atomic E-state index is 14.4. The van der Waals surface area contributed by atoms with Gasteiger partial charge in [-0.25, -0.2) is 0 Å². The summed E-state index contributed by atoms with van der Waals surface area (Å²) in [6.45, 7) is -0.247. The molecule has 210 valence electrons. The zero-order valence-corrected chi connectivity index (χ0v) is 23.6. The lowest BCUT2D eigenvalue weighted by atomic mass is 9.96. The number of nitrogens with zero attached hydrogens (tertiary/aromatic N) is 3. The van der Waals surface area contributed by atoms with Gasteiger partial charge < -0.3 is 23.7 Å². The second kappa shape index (κ2) is 11.2. The molecule has 0 N–H and O–H groups in total. The molecule has 3 aromatic carbocycles. The molecule has 1 atom stereocenters. The van der Waals surface area contributed by atoms with E-state index in [2.05, 4.69) is 4.57 Å². The summed E-state index contributed by atoms with van der Waals surface area (Å²) in [4.78, 5) is 31.2. The Morgan fingerprint density at radius 2 is 1.63 bits per heavy atom. The van der Waals surface area contributed by atoms with E-state index in [1.807, 2.05) is 60.8 Å². The molecule has 0 saturated heterocycles. The standard InChI is InChI=1S/C32H30ClN3O5/c1-39-24-15-16-29(40-2)25(18-24)32-28-8-5-17-34(28)26-6-3-4-7-27(26)36(32)30(37)19-35(22-11-12-22)31(38)20-41-23-13-9-21(33)10-14-23/h3-10,13-18,22,32H,11-12,19-20H2,1-2H3/t32-/m0/s1. The van der Waals surface area contributed by atoms with E-state index in [0.717, 1.165) is 35.5 Å². The molecule has 0 spiro atoms. The minimum Gasteiger partial charge on any atom is -0.497 e. The fourth-order valence-corrected chi connectivity index (χ4v) is 5.52. The van der Waals surface area contributed by atoms with E-state index in [4.69, 9.17) is 25.8 Å². The molecular weight excluding hydrogens is 542 g/mol. The lowest BCUT2D eigenvalue weighted by molar-refractivity contribution is -0.137. The van der Waals surface area contributed by atoms with Gasteiger partial charge in [0.05, 0.1) is 31.3 Å². The van der Waals surface area contributed by atoms with Crippen LogP contribution in [0.5, 0.6) is 17.2 Å². The van der Waals surface area contributed by atoms with Crippen LogP contribution in [0.3, 0.4) is 0 Å². The van der Waals surface area contributed by atoms with Gasteiger partial charge in [-0.1, -0.05) is 23.7 Å². The van der Waals surface area contributed by atoms with Gasteiger partial charge in [-0.15, -0.1) is 0 Å². The lowest BCUT2D eigenvalue weighted by Crippen LogP contribution is -2.48. The average Bonchev–Trinajstić information content (AvgIpc) is 3.73. The van der Waals surface area contributed by atoms with Gasteiger partial charge in [0.2, 0.25) is 5.91 Å². The van der Waals surface area contributed by atoms with Gasteiger partial charge in [0.25, 0.3) is 5.91 Å². The zero-order chi connectivity index (χ0) is 28.5. The highest BCUT2D eigenvalue weighted by molar-refractivity contribution is 6.30. The van der Waals surface area contributed by atoms with E-state index in [9.17, 15) is 9.59 Å². The Kier molecular flexibility index (Phi) is 7.32. The number of rotatable bonds is 9. The van der Waals surface area contributed by atoms with Gasteiger partial charge in [-0.05, 0) is 79.6 Å². The molecule has 0 bridgehead atoms. The average molecular weight is 572 g/mol. The number of hydrogen-bond acceptors (Lipinski definition) is 5. The molecule has 8 nitrogen and oxygen atoms in total. The van der Waals surface area contributed by atoms with Crippen LogP contribution in [-0.4, -0.2) is 54.7 Å². The third-order valence-corrected chi connectivity index (χ3v) is 7.76. The Labute approximate surface area is 243 Å². The number of benzene rings is 3. The number of anilines is 1. The lowest BCUT2D eigenvalue weighted by Gasteiger charge is -2.40. The molecule has 9 heteroatoms. The Morgan fingerprint density at radius 1 is 0.902 bits per heavy atom. The minimum absolute atomic E-state index is 0.00830. The van der Waals surface area contributed by atoms with E-state index in [1.165, 1.54) is 0 Å². The number of para-hydroxylation sites is 2. The molecule has 2 heterocycles. The van der Waals surface area contributed by atoms with Crippen LogP contribution in [0, 0.1) is 0 Å². The molecule has 2 aliphatic rings. The van der Waals surface area contributed by atoms with Crippen molar-refractivity contribution in [2.45, 2.75) is 24.9 Å². The maximum Gasteiger partial charge on any atom is 0.261 e. The zero-order valence-electron chi connectivity index (χ0n) is 22.8. The molecule has 2 amide bonds. The number of carbonyl (C=O) groups excluding carboxylic acids is 2. The van der Waals surface area contributed by atoms with Gasteiger partial charge >= 0.3 is 0 Å². The van der Waals surface area contributed by atoms with E-state index in [0.29, 0.717) is 22.3 Å². The van der Waals surface area contributed by atoms with Crippen molar-refractivity contribution in [2.24, 2.45) is 0 Å². The molecule has 1 aliphatic carbocycles. The molecule has 1 aromatic heterocycles. The molecule has 41 heavy (non-hydrogen) atoms. The van der Waals surface area contributed by atoms with Crippen LogP contribution in [0.2, 0.25) is 5.02 Å². The van der Waals surface area contributed by atoms with Crippen LogP contribution in [0.25, 0.3) is 5.69 Å². The number of ether oxygens (including phenoxy) is 3. The first kappa shape index (κ1) is 26.8. The van der Waals surface area contributed by atoms with Crippen molar-refractivity contribution in [3.63, 3.8) is 0 Å². The molecular formula is C32H30ClN3O5. The van der Waals surface area contributed by atoms with Crippen LogP contribution < -0.4 is 19.1 Å². The van der Waals surface area contributed by atoms with Gasteiger partial charge in [0, 0.05) is 22.8 Å². The van der Waals surface area contributed by atoms with E-state index in [1.54, 1.807) is 48.3 Å². The molecule has 1 saturated carbocycles. The molecule has 4 aromatic rings. The van der Waals surface area contributed by atoms with Crippen LogP contribution in [0.1, 0.15) is 30.1 Å². The molecule has 1 aliphatic heterocycles. The van der Waals surface area contributed by atoms with E-state index in [-0.39, 0.29) is 31.0 Å². The summed E-state index contributed by atoms with van der Waals surface area (Å²) in [5.74, 6) is 1.39. The van der Waals surface area contributed by atoms with Gasteiger partial charge in [0.1, 0.15) is 29.8 Å². The fraction of sp³-hybridized carbons (Fsp3) is 0.250. The van der Waals surface area contributed by atoms with Crippen LogP contribution in [-0.2, 0) is 9.59 Å². The summed E-state index contributed by atoms with van der Waals surface area (Å²) in [5.41, 5.74) is 3.31. The Balaban J connectivity index is 1.35. The van der Waals surface area contributed by atoms with Crippen molar-refractivity contribution < 1.29 is 23.8 Å². The van der Waals surface area contributed by atoms with Crippen LogP contribution >= 0.6 is 11.6 Å². The Hall–Kier alpha value is -4.43. The highest BCUT2D eigenvalue weighted by atomic mass is 35.5. The van der Waals surface area contributed by atoms with Crippen molar-refractivity contribution in [3.05, 3.63) is 101 Å². The summed E-state index contributed by atoms with van der Waals surface area (Å²) in [7, 11) is 3.22. The molecule has 1 fully saturated rings. The van der Waals surface area contributed by atoms with E-state index < -0.39 is 6.04 Å². The topological polar surface area (TPSA) is 73.2 Å². The summed E-state index contributed by atoms with van der Waals surface area (Å²) >= 11 is 5.97. The largest absolute Gasteiger partial charge is 0.497 e. The van der Waals surface area contributed by atoms with Crippen molar-refractivity contribution in [1.82, 2.24) is 9.47 Å². The van der Waals surface area contributed by atoms with Crippen molar-refractivity contribution in [3.8, 4) is 22.9 Å². The molecule has 6 rings (SSSR count). The third kappa shape index (κ3) is 5.23. The van der Waals surface area contributed by atoms with Crippen LogP contribution in [0.4, 0.5) is 5.69 Å². The normalized spacial score (nSPS) is 15.5. The minimum atomic E-state index is -0.515. The number of hydrogen-bond donors (Lipinski definition) is 0. The number of carbonyl (C=O) groups is 2. The van der Waals surface area contributed by atoms with Gasteiger partial charge in [-0.3, -0.25) is 14.5 Å². The van der Waals surface area contributed by atoms with Crippen molar-refractivity contribution in [1.29, 1.82) is 0 Å². The Morgan fingerprint density at radius 3 is 2.34 bits per heavy atom. The van der Waals surface area contributed by atoms with Gasteiger partial charge in [-0.2, -0.15) is 0 Å². The van der Waals surface area contributed by atoms with Crippen molar-refractivity contribution in [2.75, 3.05) is 32.3 Å². The first-order valence-electron chi connectivity index (χ1n) is 13.5. The maximum atomic E-state index is 14.4. The van der Waals surface area contributed by atoms with E-state index >= 15 is 0 Å². The molecule has 0 radical (unpaired) electrons. The first-order valence-corrected chi connectivity index (χ1v) is 13.8. The number of amides is 2. The summed E-state index contributed by atoms with van der Waals surface area (Å²) < 4.78 is 19.1. The Bertz CT molecular complexity index is 1580. The summed E-state index contributed by atoms with van der Waals surface area (Å²) in [6.07, 6.45) is 3.70. The second-order valence-corrected chi connectivity index (χ2v) is 10.5. The summed E-state index contributed by atoms with van der Waals surface area (Å²) in [6, 6.07) is 23.7. The quantitative estimate of drug-likeness (QED) is 0.259.